The highest BCUT2D eigenvalue weighted by molar-refractivity contribution is 5.93. The predicted octanol–water partition coefficient (Wildman–Crippen LogP) is 4.70. The summed E-state index contributed by atoms with van der Waals surface area (Å²) >= 11 is 0. The second kappa shape index (κ2) is 9.31. The normalized spacial score (nSPS) is 16.6. The first-order valence-electron chi connectivity index (χ1n) is 12.3. The average molecular weight is 518 g/mol. The predicted molar refractivity (Wildman–Crippen MR) is 136 cm³/mol. The molecule has 0 bridgehead atoms. The van der Waals surface area contributed by atoms with E-state index in [0.29, 0.717) is 36.7 Å². The van der Waals surface area contributed by atoms with Gasteiger partial charge in [0.2, 0.25) is 0 Å². The fourth-order valence-electron chi connectivity index (χ4n) is 5.60. The number of para-hydroxylation sites is 1. The maximum atomic E-state index is 13.5. The van der Waals surface area contributed by atoms with Crippen LogP contribution in [0.25, 0.3) is 22.3 Å². The lowest BCUT2D eigenvalue weighted by Crippen LogP contribution is -2.43. The number of rotatable bonds is 5. The lowest BCUT2D eigenvalue weighted by Gasteiger charge is -2.40. The monoisotopic (exact) mass is 517 g/mol. The molecule has 1 saturated heterocycles. The third-order valence-corrected chi connectivity index (χ3v) is 7.50. The van der Waals surface area contributed by atoms with Crippen molar-refractivity contribution in [1.29, 1.82) is 5.26 Å². The van der Waals surface area contributed by atoms with Crippen LogP contribution in [0.5, 0.6) is 5.75 Å². The van der Waals surface area contributed by atoms with Crippen LogP contribution in [0.3, 0.4) is 0 Å². The Hall–Kier alpha value is -4.14. The van der Waals surface area contributed by atoms with Crippen LogP contribution >= 0.6 is 0 Å². The molecule has 0 atom stereocenters. The fourth-order valence-corrected chi connectivity index (χ4v) is 5.60. The van der Waals surface area contributed by atoms with Gasteiger partial charge in [0.05, 0.1) is 34.3 Å². The fraction of sp³-hybridized carbons (Fsp3) is 0.333. The maximum absolute atomic E-state index is 13.5. The summed E-state index contributed by atoms with van der Waals surface area (Å²) in [7, 11) is 3.93. The topological polar surface area (TPSA) is 101 Å². The van der Waals surface area contributed by atoms with Crippen molar-refractivity contribution < 1.29 is 18.3 Å². The van der Waals surface area contributed by atoms with E-state index in [1.165, 1.54) is 11.6 Å². The van der Waals surface area contributed by atoms with E-state index in [4.69, 9.17) is 14.5 Å². The zero-order valence-electron chi connectivity index (χ0n) is 20.9. The highest BCUT2D eigenvalue weighted by atomic mass is 19.3. The first kappa shape index (κ1) is 24.2. The number of nitriles is 1. The maximum Gasteiger partial charge on any atom is 0.387 e. The average Bonchev–Trinajstić information content (AvgIpc) is 3.41. The summed E-state index contributed by atoms with van der Waals surface area (Å²) < 4.78 is 39.2. The molecule has 1 spiro atoms. The van der Waals surface area contributed by atoms with E-state index < -0.39 is 6.61 Å². The first-order chi connectivity index (χ1) is 18.4. The molecular weight excluding hydrogens is 492 g/mol. The molecule has 11 heteroatoms. The van der Waals surface area contributed by atoms with Crippen molar-refractivity contribution in [2.75, 3.05) is 25.6 Å². The smallest absolute Gasteiger partial charge is 0.387 e. The number of pyridine rings is 2. The highest BCUT2D eigenvalue weighted by Gasteiger charge is 2.45. The molecule has 194 valence electrons. The van der Waals surface area contributed by atoms with Crippen molar-refractivity contribution in [2.45, 2.75) is 31.5 Å². The van der Waals surface area contributed by atoms with Gasteiger partial charge in [0.15, 0.2) is 11.4 Å². The van der Waals surface area contributed by atoms with Crippen LogP contribution < -0.4 is 10.1 Å². The Morgan fingerprint density at radius 2 is 1.97 bits per heavy atom. The number of alkyl halides is 2. The minimum atomic E-state index is -3.08. The minimum absolute atomic E-state index is 0.0230. The molecule has 4 aromatic rings. The van der Waals surface area contributed by atoms with Crippen LogP contribution in [0.4, 0.5) is 20.3 Å². The van der Waals surface area contributed by atoms with Crippen molar-refractivity contribution in [2.24, 2.45) is 7.05 Å². The Balaban J connectivity index is 1.40. The Morgan fingerprint density at radius 3 is 2.74 bits per heavy atom. The summed E-state index contributed by atoms with van der Waals surface area (Å²) in [6.07, 6.45) is 3.42. The number of ether oxygens (including phenoxy) is 2. The Morgan fingerprint density at radius 1 is 1.16 bits per heavy atom. The molecule has 0 aliphatic carbocycles. The summed E-state index contributed by atoms with van der Waals surface area (Å²) in [5, 5.41) is 13.0. The van der Waals surface area contributed by atoms with Gasteiger partial charge in [-0.3, -0.25) is 4.90 Å². The van der Waals surface area contributed by atoms with E-state index in [1.807, 2.05) is 29.8 Å². The van der Waals surface area contributed by atoms with E-state index in [9.17, 15) is 14.0 Å². The van der Waals surface area contributed by atoms with E-state index in [1.54, 1.807) is 18.5 Å². The van der Waals surface area contributed by atoms with Gasteiger partial charge in [0.25, 0.3) is 0 Å². The van der Waals surface area contributed by atoms with Crippen LogP contribution in [0.1, 0.15) is 29.8 Å². The Labute approximate surface area is 217 Å². The summed E-state index contributed by atoms with van der Waals surface area (Å²) in [6, 6.07) is 12.7. The van der Waals surface area contributed by atoms with Gasteiger partial charge in [0.1, 0.15) is 17.6 Å². The molecule has 0 radical (unpaired) electrons. The number of benzene rings is 1. The largest absolute Gasteiger partial charge is 0.432 e. The summed E-state index contributed by atoms with van der Waals surface area (Å²) in [4.78, 5) is 15.9. The third-order valence-electron chi connectivity index (χ3n) is 7.50. The van der Waals surface area contributed by atoms with Gasteiger partial charge in [-0.2, -0.15) is 14.0 Å². The molecule has 2 aliphatic rings. The standard InChI is InChI=1S/C27H25F2N7O2/c1-35-15-31-24-16(4-3-5-21(24)35)25-22(38-26(28)29)12-18(19(13-30)34-25)32-23-7-6-17-20(33-23)14-36(2)27(17)8-10-37-11-9-27/h3-7,12,15,26H,8-11,14H2,1-2H3,(H,32,33). The number of imidazole rings is 1. The van der Waals surface area contributed by atoms with Crippen molar-refractivity contribution in [3.05, 3.63) is 59.7 Å². The summed E-state index contributed by atoms with van der Waals surface area (Å²) in [5.41, 5.74) is 4.23. The first-order valence-corrected chi connectivity index (χ1v) is 12.3. The molecule has 2 aliphatic heterocycles. The molecule has 0 unspecified atom stereocenters. The SMILES string of the molecule is CN1Cc2nc(Nc3cc(OC(F)F)c(-c4cccc5c4ncn5C)nc3C#N)ccc2C12CCOCC2. The van der Waals surface area contributed by atoms with Gasteiger partial charge in [-0.25, -0.2) is 15.0 Å². The molecule has 3 aromatic heterocycles. The van der Waals surface area contributed by atoms with Crippen LogP contribution in [0.2, 0.25) is 0 Å². The van der Waals surface area contributed by atoms with Crippen molar-refractivity contribution in [1.82, 2.24) is 24.4 Å². The molecule has 38 heavy (non-hydrogen) atoms. The lowest BCUT2D eigenvalue weighted by molar-refractivity contribution is -0.0496. The van der Waals surface area contributed by atoms with Gasteiger partial charge >= 0.3 is 6.61 Å². The molecule has 6 rings (SSSR count). The van der Waals surface area contributed by atoms with E-state index in [2.05, 4.69) is 33.3 Å². The second-order valence-corrected chi connectivity index (χ2v) is 9.57. The number of halogens is 2. The molecule has 5 heterocycles. The van der Waals surface area contributed by atoms with Crippen LogP contribution in [0.15, 0.2) is 42.7 Å². The van der Waals surface area contributed by atoms with Crippen molar-refractivity contribution >= 4 is 22.5 Å². The zero-order chi connectivity index (χ0) is 26.4. The quantitative estimate of drug-likeness (QED) is 0.407. The molecule has 0 saturated carbocycles. The Bertz CT molecular complexity index is 1570. The van der Waals surface area contributed by atoms with Gasteiger partial charge in [-0.1, -0.05) is 18.2 Å². The number of aryl methyl sites for hydroxylation is 1. The van der Waals surface area contributed by atoms with Gasteiger partial charge in [-0.15, -0.1) is 0 Å². The van der Waals surface area contributed by atoms with Crippen molar-refractivity contribution in [3.8, 4) is 23.1 Å². The molecule has 1 fully saturated rings. The molecular formula is C27H25F2N7O2. The number of aromatic nitrogens is 4. The van der Waals surface area contributed by atoms with Crippen molar-refractivity contribution in [3.63, 3.8) is 0 Å². The number of hydrogen-bond donors (Lipinski definition) is 1. The highest BCUT2D eigenvalue weighted by Crippen LogP contribution is 2.45. The van der Waals surface area contributed by atoms with E-state index in [0.717, 1.165) is 24.1 Å². The minimum Gasteiger partial charge on any atom is -0.432 e. The number of fused-ring (bicyclic) bond motifs is 3. The number of hydrogen-bond acceptors (Lipinski definition) is 8. The summed E-state index contributed by atoms with van der Waals surface area (Å²) in [6.45, 7) is -0.997. The molecule has 0 amide bonds. The molecule has 1 aromatic carbocycles. The van der Waals surface area contributed by atoms with Crippen LogP contribution in [-0.4, -0.2) is 51.3 Å². The number of nitrogens with one attached hydrogen (secondary N) is 1. The third kappa shape index (κ3) is 3.93. The van der Waals surface area contributed by atoms with Gasteiger partial charge < -0.3 is 19.4 Å². The van der Waals surface area contributed by atoms with Gasteiger partial charge in [0, 0.05) is 38.4 Å². The second-order valence-electron chi connectivity index (χ2n) is 9.57. The summed E-state index contributed by atoms with van der Waals surface area (Å²) in [5.74, 6) is 0.323. The lowest BCUT2D eigenvalue weighted by atomic mass is 9.84. The number of anilines is 2. The zero-order valence-corrected chi connectivity index (χ0v) is 20.9. The van der Waals surface area contributed by atoms with E-state index in [-0.39, 0.29) is 28.4 Å². The van der Waals surface area contributed by atoms with Crippen LogP contribution in [-0.2, 0) is 23.9 Å². The van der Waals surface area contributed by atoms with Gasteiger partial charge in [-0.05, 0) is 37.6 Å². The molecule has 1 N–H and O–H groups in total. The van der Waals surface area contributed by atoms with Crippen LogP contribution in [0, 0.1) is 11.3 Å². The molecule has 9 nitrogen and oxygen atoms in total. The van der Waals surface area contributed by atoms with E-state index >= 15 is 0 Å². The number of nitrogens with zero attached hydrogens (tertiary/aromatic N) is 6. The Kier molecular flexibility index (Phi) is 5.93.